The Labute approximate surface area is 155 Å². The Kier molecular flexibility index (Phi) is 4.07. The number of hydrogen-bond acceptors (Lipinski definition) is 7. The van der Waals surface area contributed by atoms with Gasteiger partial charge in [0.1, 0.15) is 29.1 Å². The van der Waals surface area contributed by atoms with E-state index in [1.165, 1.54) is 14.2 Å². The second kappa shape index (κ2) is 6.42. The molecule has 7 heteroatoms. The molecule has 0 bridgehead atoms. The van der Waals surface area contributed by atoms with Gasteiger partial charge >= 0.3 is 0 Å². The number of fused-ring (bicyclic) bond motifs is 4. The summed E-state index contributed by atoms with van der Waals surface area (Å²) in [5.74, 6) is 2.49. The van der Waals surface area contributed by atoms with Crippen LogP contribution in [0.15, 0.2) is 33.5 Å². The molecule has 0 saturated carbocycles. The highest BCUT2D eigenvalue weighted by molar-refractivity contribution is 5.89. The quantitative estimate of drug-likeness (QED) is 0.697. The van der Waals surface area contributed by atoms with Crippen molar-refractivity contribution < 1.29 is 28.1 Å². The number of ether oxygens (including phenoxy) is 5. The standard InChI is InChI=1S/C20H18O7/c1-22-10-7-14(24-3)16-15(8-10)27-19-11-5-6-13(23-2)18(25-4)12(11)9-26-20(19)17(16)21/h5-8H,9H2,1-4H3. The van der Waals surface area contributed by atoms with Crippen molar-refractivity contribution in [2.75, 3.05) is 28.4 Å². The molecule has 1 aliphatic rings. The van der Waals surface area contributed by atoms with E-state index in [-0.39, 0.29) is 17.8 Å². The van der Waals surface area contributed by atoms with Gasteiger partial charge in [-0.1, -0.05) is 0 Å². The molecule has 1 aliphatic heterocycles. The van der Waals surface area contributed by atoms with Crippen LogP contribution < -0.4 is 29.1 Å². The lowest BCUT2D eigenvalue weighted by Gasteiger charge is -2.23. The van der Waals surface area contributed by atoms with Crippen molar-refractivity contribution in [3.63, 3.8) is 0 Å². The normalized spacial score (nSPS) is 12.0. The van der Waals surface area contributed by atoms with Crippen LogP contribution in [-0.4, -0.2) is 28.4 Å². The highest BCUT2D eigenvalue weighted by atomic mass is 16.5. The zero-order valence-corrected chi connectivity index (χ0v) is 15.4. The smallest absolute Gasteiger partial charge is 0.239 e. The van der Waals surface area contributed by atoms with Crippen LogP contribution in [0.1, 0.15) is 5.56 Å². The molecular weight excluding hydrogens is 352 g/mol. The summed E-state index contributed by atoms with van der Waals surface area (Å²) < 4.78 is 33.3. The lowest BCUT2D eigenvalue weighted by molar-refractivity contribution is 0.276. The van der Waals surface area contributed by atoms with Gasteiger partial charge in [-0.25, -0.2) is 0 Å². The first-order chi connectivity index (χ1) is 13.1. The molecule has 140 valence electrons. The van der Waals surface area contributed by atoms with E-state index in [1.54, 1.807) is 32.4 Å². The zero-order valence-electron chi connectivity index (χ0n) is 15.4. The minimum atomic E-state index is -0.300. The van der Waals surface area contributed by atoms with Crippen LogP contribution in [0.2, 0.25) is 0 Å². The summed E-state index contributed by atoms with van der Waals surface area (Å²) >= 11 is 0. The van der Waals surface area contributed by atoms with Crippen LogP contribution in [0.25, 0.3) is 22.3 Å². The Morgan fingerprint density at radius 2 is 1.70 bits per heavy atom. The SMILES string of the molecule is COc1cc(OC)c2c(=O)c3c(oc2c1)-c1ccc(OC)c(OC)c1CO3. The third kappa shape index (κ3) is 2.46. The van der Waals surface area contributed by atoms with Crippen molar-refractivity contribution in [3.8, 4) is 40.1 Å². The van der Waals surface area contributed by atoms with Crippen molar-refractivity contribution in [3.05, 3.63) is 40.1 Å². The Morgan fingerprint density at radius 1 is 0.926 bits per heavy atom. The van der Waals surface area contributed by atoms with E-state index in [9.17, 15) is 4.79 Å². The first kappa shape index (κ1) is 17.1. The van der Waals surface area contributed by atoms with Gasteiger partial charge in [0.15, 0.2) is 17.3 Å². The molecule has 0 atom stereocenters. The molecule has 0 N–H and O–H groups in total. The van der Waals surface area contributed by atoms with Crippen LogP contribution >= 0.6 is 0 Å². The van der Waals surface area contributed by atoms with Crippen LogP contribution in [0, 0.1) is 0 Å². The molecular formula is C20H18O7. The van der Waals surface area contributed by atoms with E-state index in [4.69, 9.17) is 28.1 Å². The summed E-state index contributed by atoms with van der Waals surface area (Å²) in [7, 11) is 6.14. The van der Waals surface area contributed by atoms with E-state index < -0.39 is 0 Å². The summed E-state index contributed by atoms with van der Waals surface area (Å²) in [6, 6.07) is 6.87. The fourth-order valence-electron chi connectivity index (χ4n) is 3.32. The molecule has 3 aromatic rings. The lowest BCUT2D eigenvalue weighted by atomic mass is 10.00. The number of benzene rings is 2. The van der Waals surface area contributed by atoms with Gasteiger partial charge in [0.25, 0.3) is 0 Å². The molecule has 0 aliphatic carbocycles. The maximum atomic E-state index is 13.1. The second-order valence-corrected chi connectivity index (χ2v) is 5.91. The molecule has 0 unspecified atom stereocenters. The van der Waals surface area contributed by atoms with Gasteiger partial charge in [0.05, 0.1) is 28.4 Å². The largest absolute Gasteiger partial charge is 0.496 e. The van der Waals surface area contributed by atoms with Gasteiger partial charge in [-0.3, -0.25) is 4.79 Å². The van der Waals surface area contributed by atoms with Gasteiger partial charge in [0.2, 0.25) is 11.2 Å². The molecule has 7 nitrogen and oxygen atoms in total. The Morgan fingerprint density at radius 3 is 2.37 bits per heavy atom. The van der Waals surface area contributed by atoms with Gasteiger partial charge in [-0.05, 0) is 12.1 Å². The van der Waals surface area contributed by atoms with Gasteiger partial charge in [-0.15, -0.1) is 0 Å². The lowest BCUT2D eigenvalue weighted by Crippen LogP contribution is -2.16. The monoisotopic (exact) mass is 370 g/mol. The molecule has 2 aromatic carbocycles. The topological polar surface area (TPSA) is 76.4 Å². The van der Waals surface area contributed by atoms with E-state index in [1.807, 2.05) is 6.07 Å². The number of hydrogen-bond donors (Lipinski definition) is 0. The van der Waals surface area contributed by atoms with Crippen molar-refractivity contribution in [2.45, 2.75) is 6.61 Å². The summed E-state index contributed by atoms with van der Waals surface area (Å²) in [4.78, 5) is 13.1. The van der Waals surface area contributed by atoms with Crippen LogP contribution in [0.4, 0.5) is 0 Å². The Hall–Kier alpha value is -3.35. The minimum absolute atomic E-state index is 0.144. The van der Waals surface area contributed by atoms with Gasteiger partial charge in [-0.2, -0.15) is 0 Å². The molecule has 0 radical (unpaired) electrons. The third-order valence-corrected chi connectivity index (χ3v) is 4.60. The zero-order chi connectivity index (χ0) is 19.1. The molecule has 0 saturated heterocycles. The van der Waals surface area contributed by atoms with E-state index in [2.05, 4.69) is 0 Å². The second-order valence-electron chi connectivity index (χ2n) is 5.91. The van der Waals surface area contributed by atoms with Crippen LogP contribution in [0.5, 0.6) is 28.7 Å². The average molecular weight is 370 g/mol. The third-order valence-electron chi connectivity index (χ3n) is 4.60. The summed E-state index contributed by atoms with van der Waals surface area (Å²) in [5, 5.41) is 0.306. The predicted molar refractivity (Wildman–Crippen MR) is 98.5 cm³/mol. The fourth-order valence-corrected chi connectivity index (χ4v) is 3.32. The highest BCUT2D eigenvalue weighted by Crippen LogP contribution is 2.45. The van der Waals surface area contributed by atoms with Crippen molar-refractivity contribution in [1.82, 2.24) is 0 Å². The van der Waals surface area contributed by atoms with Crippen molar-refractivity contribution in [1.29, 1.82) is 0 Å². The van der Waals surface area contributed by atoms with Gasteiger partial charge in [0, 0.05) is 23.3 Å². The number of methoxy groups -OCH3 is 4. The number of rotatable bonds is 4. The first-order valence-electron chi connectivity index (χ1n) is 8.22. The molecule has 0 spiro atoms. The predicted octanol–water partition coefficient (Wildman–Crippen LogP) is 3.39. The molecule has 4 rings (SSSR count). The average Bonchev–Trinajstić information content (AvgIpc) is 2.71. The molecule has 1 aromatic heterocycles. The summed E-state index contributed by atoms with van der Waals surface area (Å²) in [6.07, 6.45) is 0. The first-order valence-corrected chi connectivity index (χ1v) is 8.22. The van der Waals surface area contributed by atoms with Crippen LogP contribution in [-0.2, 0) is 6.61 Å². The van der Waals surface area contributed by atoms with E-state index >= 15 is 0 Å². The van der Waals surface area contributed by atoms with Crippen LogP contribution in [0.3, 0.4) is 0 Å². The van der Waals surface area contributed by atoms with Crippen molar-refractivity contribution >= 4 is 11.0 Å². The molecule has 2 heterocycles. The van der Waals surface area contributed by atoms with Crippen molar-refractivity contribution in [2.24, 2.45) is 0 Å². The maximum Gasteiger partial charge on any atom is 0.239 e. The summed E-state index contributed by atoms with van der Waals surface area (Å²) in [5.41, 5.74) is 1.52. The fraction of sp³-hybridized carbons (Fsp3) is 0.250. The Bertz CT molecular complexity index is 1100. The van der Waals surface area contributed by atoms with Gasteiger partial charge < -0.3 is 28.1 Å². The summed E-state index contributed by atoms with van der Waals surface area (Å²) in [6.45, 7) is 0.164. The molecule has 0 fully saturated rings. The molecule has 27 heavy (non-hydrogen) atoms. The maximum absolute atomic E-state index is 13.1. The Balaban J connectivity index is 2.05. The highest BCUT2D eigenvalue weighted by Gasteiger charge is 2.29. The minimum Gasteiger partial charge on any atom is -0.496 e. The van der Waals surface area contributed by atoms with E-state index in [0.717, 1.165) is 11.1 Å². The van der Waals surface area contributed by atoms with E-state index in [0.29, 0.717) is 39.7 Å². The molecule has 0 amide bonds.